The maximum Gasteiger partial charge on any atom is 0.344 e. The summed E-state index contributed by atoms with van der Waals surface area (Å²) in [5.41, 5.74) is 3.42. The van der Waals surface area contributed by atoms with Crippen LogP contribution in [0.15, 0.2) is 53.3 Å². The molecule has 2 aromatic heterocycles. The number of aromatic nitrogens is 2. The van der Waals surface area contributed by atoms with E-state index in [2.05, 4.69) is 18.8 Å². The number of carbonyl (C=O) groups excluding carboxylic acids is 1. The third-order valence-electron chi connectivity index (χ3n) is 4.85. The minimum Gasteiger partial charge on any atom is -0.482 e. The van der Waals surface area contributed by atoms with Crippen molar-refractivity contribution in [2.45, 2.75) is 33.3 Å². The molecule has 0 unspecified atom stereocenters. The average Bonchev–Trinajstić information content (AvgIpc) is 3.09. The van der Waals surface area contributed by atoms with Crippen molar-refractivity contribution >= 4 is 32.5 Å². The first-order valence-electron chi connectivity index (χ1n) is 9.71. The first kappa shape index (κ1) is 20.1. The van der Waals surface area contributed by atoms with Crippen LogP contribution < -0.4 is 10.3 Å². The molecular weight excluding hydrogens is 400 g/mol. The van der Waals surface area contributed by atoms with Gasteiger partial charge < -0.3 is 9.47 Å². The number of ether oxygens (including phenoxy) is 2. The van der Waals surface area contributed by atoms with Gasteiger partial charge in [0.2, 0.25) is 0 Å². The number of hydrogen-bond acceptors (Lipinski definition) is 6. The van der Waals surface area contributed by atoms with Crippen molar-refractivity contribution in [1.82, 2.24) is 9.38 Å². The number of esters is 1. The highest BCUT2D eigenvalue weighted by Gasteiger charge is 2.12. The van der Waals surface area contributed by atoms with E-state index in [1.165, 1.54) is 23.0 Å². The molecule has 2 aromatic carbocycles. The van der Waals surface area contributed by atoms with Crippen LogP contribution in [0.1, 0.15) is 36.6 Å². The number of nitrogens with zero attached hydrogens (tertiary/aromatic N) is 2. The van der Waals surface area contributed by atoms with E-state index in [0.717, 1.165) is 15.8 Å². The van der Waals surface area contributed by atoms with E-state index in [4.69, 9.17) is 9.47 Å². The lowest BCUT2D eigenvalue weighted by Crippen LogP contribution is -2.18. The molecule has 0 amide bonds. The highest BCUT2D eigenvalue weighted by Crippen LogP contribution is 2.24. The van der Waals surface area contributed by atoms with Crippen molar-refractivity contribution < 1.29 is 14.3 Å². The van der Waals surface area contributed by atoms with Gasteiger partial charge in [0.25, 0.3) is 5.56 Å². The molecule has 7 heteroatoms. The number of benzene rings is 2. The lowest BCUT2D eigenvalue weighted by molar-refractivity contribution is -0.147. The van der Waals surface area contributed by atoms with Crippen molar-refractivity contribution in [2.24, 2.45) is 0 Å². The second-order valence-corrected chi connectivity index (χ2v) is 8.41. The van der Waals surface area contributed by atoms with Crippen molar-refractivity contribution in [3.05, 3.63) is 75.7 Å². The van der Waals surface area contributed by atoms with Crippen LogP contribution >= 0.6 is 11.3 Å². The summed E-state index contributed by atoms with van der Waals surface area (Å²) in [7, 11) is 0. The van der Waals surface area contributed by atoms with E-state index in [1.807, 2.05) is 49.4 Å². The molecular formula is C23H22N2O4S. The number of fused-ring (bicyclic) bond motifs is 3. The molecule has 0 aliphatic rings. The lowest BCUT2D eigenvalue weighted by Gasteiger charge is -2.12. The fraction of sp³-hybridized carbons (Fsp3) is 0.261. The van der Waals surface area contributed by atoms with Gasteiger partial charge in [-0.05, 0) is 48.2 Å². The average molecular weight is 423 g/mol. The molecule has 4 rings (SSSR count). The van der Waals surface area contributed by atoms with E-state index in [0.29, 0.717) is 22.3 Å². The summed E-state index contributed by atoms with van der Waals surface area (Å²) in [6, 6.07) is 14.8. The minimum absolute atomic E-state index is 0.0759. The molecule has 154 valence electrons. The summed E-state index contributed by atoms with van der Waals surface area (Å²) in [4.78, 5) is 29.6. The molecule has 0 saturated carbocycles. The van der Waals surface area contributed by atoms with Crippen molar-refractivity contribution in [3.8, 4) is 5.75 Å². The largest absolute Gasteiger partial charge is 0.482 e. The maximum absolute atomic E-state index is 12.5. The predicted octanol–water partition coefficient (Wildman–Crippen LogP) is 4.46. The molecule has 0 radical (unpaired) electrons. The smallest absolute Gasteiger partial charge is 0.344 e. The molecule has 0 aliphatic carbocycles. The van der Waals surface area contributed by atoms with E-state index in [1.54, 1.807) is 4.40 Å². The molecule has 0 fully saturated rings. The fourth-order valence-electron chi connectivity index (χ4n) is 3.42. The Morgan fingerprint density at radius 2 is 1.97 bits per heavy atom. The van der Waals surface area contributed by atoms with E-state index < -0.39 is 5.97 Å². The SMILES string of the molecule is Cc1cc(OCC(=O)OCc2cc(=O)n3c(n2)sc2ccccc23)ccc1C(C)C. The van der Waals surface area contributed by atoms with E-state index >= 15 is 0 Å². The number of thiazole rings is 1. The van der Waals surface area contributed by atoms with Gasteiger partial charge in [-0.1, -0.05) is 43.4 Å². The van der Waals surface area contributed by atoms with Crippen molar-refractivity contribution in [1.29, 1.82) is 0 Å². The molecule has 0 saturated heterocycles. The highest BCUT2D eigenvalue weighted by atomic mass is 32.1. The van der Waals surface area contributed by atoms with Gasteiger partial charge >= 0.3 is 5.97 Å². The Kier molecular flexibility index (Phi) is 5.55. The second-order valence-electron chi connectivity index (χ2n) is 7.40. The summed E-state index contributed by atoms with van der Waals surface area (Å²) in [5.74, 6) is 0.537. The normalized spacial score (nSPS) is 11.3. The van der Waals surface area contributed by atoms with Gasteiger partial charge in [-0.2, -0.15) is 0 Å². The van der Waals surface area contributed by atoms with Gasteiger partial charge in [-0.25, -0.2) is 9.78 Å². The van der Waals surface area contributed by atoms with Gasteiger partial charge in [0, 0.05) is 6.07 Å². The number of carbonyl (C=O) groups is 1. The first-order chi connectivity index (χ1) is 14.4. The Bertz CT molecular complexity index is 1290. The van der Waals surface area contributed by atoms with Crippen LogP contribution in [0.5, 0.6) is 5.75 Å². The van der Waals surface area contributed by atoms with Crippen molar-refractivity contribution in [2.75, 3.05) is 6.61 Å². The molecule has 0 spiro atoms. The number of rotatable bonds is 6. The van der Waals surface area contributed by atoms with Gasteiger partial charge in [0.05, 0.1) is 15.9 Å². The zero-order valence-electron chi connectivity index (χ0n) is 17.0. The van der Waals surface area contributed by atoms with Crippen molar-refractivity contribution in [3.63, 3.8) is 0 Å². The summed E-state index contributed by atoms with van der Waals surface area (Å²) in [6.45, 7) is 6.01. The molecule has 2 heterocycles. The number of para-hydroxylation sites is 1. The molecule has 0 bridgehead atoms. The molecule has 6 nitrogen and oxygen atoms in total. The zero-order valence-corrected chi connectivity index (χ0v) is 17.9. The quantitative estimate of drug-likeness (QED) is 0.429. The molecule has 4 aromatic rings. The third kappa shape index (κ3) is 4.07. The molecule has 0 aliphatic heterocycles. The van der Waals surface area contributed by atoms with Crippen LogP contribution in [-0.2, 0) is 16.1 Å². The van der Waals surface area contributed by atoms with E-state index in [9.17, 15) is 9.59 Å². The first-order valence-corrected chi connectivity index (χ1v) is 10.5. The van der Waals surface area contributed by atoms with Gasteiger partial charge in [-0.15, -0.1) is 0 Å². The zero-order chi connectivity index (χ0) is 21.3. The van der Waals surface area contributed by atoms with Crippen LogP contribution in [0.3, 0.4) is 0 Å². The molecule has 30 heavy (non-hydrogen) atoms. The van der Waals surface area contributed by atoms with Gasteiger partial charge in [0.1, 0.15) is 12.4 Å². The third-order valence-corrected chi connectivity index (χ3v) is 5.87. The highest BCUT2D eigenvalue weighted by molar-refractivity contribution is 7.23. The summed E-state index contributed by atoms with van der Waals surface area (Å²) >= 11 is 1.42. The maximum atomic E-state index is 12.5. The van der Waals surface area contributed by atoms with Gasteiger partial charge in [-0.3, -0.25) is 9.20 Å². The monoisotopic (exact) mass is 422 g/mol. The number of hydrogen-bond donors (Lipinski definition) is 0. The Labute approximate surface area is 177 Å². The Morgan fingerprint density at radius 3 is 2.73 bits per heavy atom. The molecule has 0 N–H and O–H groups in total. The van der Waals surface area contributed by atoms with Crippen LogP contribution in [-0.4, -0.2) is 22.0 Å². The topological polar surface area (TPSA) is 69.9 Å². The summed E-state index contributed by atoms with van der Waals surface area (Å²) in [6.07, 6.45) is 0. The fourth-order valence-corrected chi connectivity index (χ4v) is 4.47. The summed E-state index contributed by atoms with van der Waals surface area (Å²) in [5, 5.41) is 0. The van der Waals surface area contributed by atoms with Gasteiger partial charge in [0.15, 0.2) is 11.6 Å². The summed E-state index contributed by atoms with van der Waals surface area (Å²) < 4.78 is 13.3. The van der Waals surface area contributed by atoms with E-state index in [-0.39, 0.29) is 18.8 Å². The van der Waals surface area contributed by atoms with Crippen LogP contribution in [0.25, 0.3) is 15.2 Å². The number of aryl methyl sites for hydroxylation is 1. The Balaban J connectivity index is 1.40. The Hall–Kier alpha value is -3.19. The standard InChI is InChI=1S/C23H22N2O4S/c1-14(2)18-9-8-17(10-15(18)3)28-13-22(27)29-12-16-11-21(26)25-19-6-4-5-7-20(19)30-23(25)24-16/h4-11,14H,12-13H2,1-3H3. The van der Waals surface area contributed by atoms with Crippen LogP contribution in [0, 0.1) is 6.92 Å². The van der Waals surface area contributed by atoms with Crippen LogP contribution in [0.2, 0.25) is 0 Å². The minimum atomic E-state index is -0.515. The predicted molar refractivity (Wildman–Crippen MR) is 117 cm³/mol. The second kappa shape index (κ2) is 8.28. The molecule has 0 atom stereocenters. The Morgan fingerprint density at radius 1 is 1.17 bits per heavy atom. The van der Waals surface area contributed by atoms with Crippen LogP contribution in [0.4, 0.5) is 0 Å². The lowest BCUT2D eigenvalue weighted by atomic mass is 9.98.